The third-order valence-electron chi connectivity index (χ3n) is 1.86. The fraction of sp³-hybridized carbons (Fsp3) is 1.00. The van der Waals surface area contributed by atoms with Crippen LogP contribution in [0.15, 0.2) is 0 Å². The number of unbranched alkanes of at least 4 members (excludes halogenated alkanes) is 1. The first kappa shape index (κ1) is 9.49. The van der Waals surface area contributed by atoms with Gasteiger partial charge in [-0.3, -0.25) is 5.32 Å². The van der Waals surface area contributed by atoms with Crippen molar-refractivity contribution in [2.24, 2.45) is 0 Å². The van der Waals surface area contributed by atoms with E-state index in [4.69, 9.17) is 4.74 Å². The average molecular weight is 222 g/mol. The van der Waals surface area contributed by atoms with E-state index in [2.05, 4.69) is 21.2 Å². The first-order valence-corrected chi connectivity index (χ1v) is 5.46. The molecule has 2 nitrogen and oxygen atoms in total. The van der Waals surface area contributed by atoms with Crippen LogP contribution in [-0.2, 0) is 4.74 Å². The predicted molar refractivity (Wildman–Crippen MR) is 50.0 cm³/mol. The fourth-order valence-electron chi connectivity index (χ4n) is 1.22. The van der Waals surface area contributed by atoms with E-state index in [0.717, 1.165) is 18.5 Å². The van der Waals surface area contributed by atoms with Crippen molar-refractivity contribution in [3.63, 3.8) is 0 Å². The second-order valence-electron chi connectivity index (χ2n) is 2.85. The van der Waals surface area contributed by atoms with Crippen LogP contribution in [0.4, 0.5) is 0 Å². The van der Waals surface area contributed by atoms with Gasteiger partial charge in [-0.15, -0.1) is 0 Å². The highest BCUT2D eigenvalue weighted by molar-refractivity contribution is 9.09. The second kappa shape index (κ2) is 5.98. The molecule has 0 spiro atoms. The SMILES string of the molecule is BrCCCCOC1CCCN1. The number of ether oxygens (including phenoxy) is 1. The van der Waals surface area contributed by atoms with Gasteiger partial charge in [0.25, 0.3) is 0 Å². The predicted octanol–water partition coefficient (Wildman–Crippen LogP) is 1.89. The van der Waals surface area contributed by atoms with Crippen LogP contribution in [-0.4, -0.2) is 24.7 Å². The zero-order chi connectivity index (χ0) is 7.94. The highest BCUT2D eigenvalue weighted by atomic mass is 79.9. The van der Waals surface area contributed by atoms with Gasteiger partial charge in [0.05, 0.1) is 0 Å². The van der Waals surface area contributed by atoms with Crippen LogP contribution in [0.2, 0.25) is 0 Å². The van der Waals surface area contributed by atoms with E-state index in [-0.39, 0.29) is 0 Å². The zero-order valence-electron chi connectivity index (χ0n) is 6.81. The molecule has 0 amide bonds. The second-order valence-corrected chi connectivity index (χ2v) is 3.64. The molecule has 1 N–H and O–H groups in total. The Balaban J connectivity index is 1.86. The van der Waals surface area contributed by atoms with Gasteiger partial charge in [0, 0.05) is 11.9 Å². The molecule has 0 aromatic carbocycles. The lowest BCUT2D eigenvalue weighted by Crippen LogP contribution is -2.24. The quantitative estimate of drug-likeness (QED) is 0.566. The van der Waals surface area contributed by atoms with Crippen molar-refractivity contribution < 1.29 is 4.74 Å². The van der Waals surface area contributed by atoms with Gasteiger partial charge in [-0.2, -0.15) is 0 Å². The summed E-state index contributed by atoms with van der Waals surface area (Å²) in [6.07, 6.45) is 5.19. The van der Waals surface area contributed by atoms with E-state index in [9.17, 15) is 0 Å². The molecule has 1 fully saturated rings. The minimum atomic E-state index is 0.352. The molecule has 1 saturated heterocycles. The molecule has 1 heterocycles. The maximum absolute atomic E-state index is 5.57. The molecule has 11 heavy (non-hydrogen) atoms. The lowest BCUT2D eigenvalue weighted by atomic mass is 10.3. The van der Waals surface area contributed by atoms with Crippen LogP contribution in [0.5, 0.6) is 0 Å². The third kappa shape index (κ3) is 4.09. The van der Waals surface area contributed by atoms with Crippen molar-refractivity contribution in [3.05, 3.63) is 0 Å². The highest BCUT2D eigenvalue weighted by Gasteiger charge is 2.12. The number of hydrogen-bond acceptors (Lipinski definition) is 2. The van der Waals surface area contributed by atoms with E-state index < -0.39 is 0 Å². The van der Waals surface area contributed by atoms with E-state index in [1.54, 1.807) is 0 Å². The number of rotatable bonds is 5. The summed E-state index contributed by atoms with van der Waals surface area (Å²) >= 11 is 3.39. The molecule has 1 aliphatic rings. The van der Waals surface area contributed by atoms with Crippen molar-refractivity contribution in [2.45, 2.75) is 31.9 Å². The molecule has 3 heteroatoms. The van der Waals surface area contributed by atoms with E-state index in [1.165, 1.54) is 25.7 Å². The zero-order valence-corrected chi connectivity index (χ0v) is 8.40. The van der Waals surface area contributed by atoms with Gasteiger partial charge in [0.1, 0.15) is 6.23 Å². The molecule has 0 aliphatic carbocycles. The summed E-state index contributed by atoms with van der Waals surface area (Å²) < 4.78 is 5.57. The summed E-state index contributed by atoms with van der Waals surface area (Å²) in [6.45, 7) is 2.03. The Morgan fingerprint density at radius 2 is 2.36 bits per heavy atom. The minimum absolute atomic E-state index is 0.352. The molecule has 1 atom stereocenters. The summed E-state index contributed by atoms with van der Waals surface area (Å²) in [4.78, 5) is 0. The molecule has 0 saturated carbocycles. The van der Waals surface area contributed by atoms with Crippen molar-refractivity contribution in [2.75, 3.05) is 18.5 Å². The van der Waals surface area contributed by atoms with Gasteiger partial charge in [-0.05, 0) is 32.2 Å². The van der Waals surface area contributed by atoms with Crippen LogP contribution >= 0.6 is 15.9 Å². The van der Waals surface area contributed by atoms with Gasteiger partial charge < -0.3 is 4.74 Å². The maximum atomic E-state index is 5.57. The lowest BCUT2D eigenvalue weighted by Gasteiger charge is -2.10. The molecule has 0 aromatic rings. The van der Waals surface area contributed by atoms with Crippen molar-refractivity contribution in [1.82, 2.24) is 5.32 Å². The van der Waals surface area contributed by atoms with E-state index in [0.29, 0.717) is 6.23 Å². The summed E-state index contributed by atoms with van der Waals surface area (Å²) in [5.41, 5.74) is 0. The van der Waals surface area contributed by atoms with E-state index >= 15 is 0 Å². The summed E-state index contributed by atoms with van der Waals surface area (Å²) in [7, 11) is 0. The number of hydrogen-bond donors (Lipinski definition) is 1. The van der Waals surface area contributed by atoms with Crippen molar-refractivity contribution in [3.8, 4) is 0 Å². The Morgan fingerprint density at radius 3 is 3.00 bits per heavy atom. The molecule has 1 rings (SSSR count). The van der Waals surface area contributed by atoms with Crippen LogP contribution in [0.1, 0.15) is 25.7 Å². The highest BCUT2D eigenvalue weighted by Crippen LogP contribution is 2.06. The van der Waals surface area contributed by atoms with Crippen LogP contribution < -0.4 is 5.32 Å². The summed E-state index contributed by atoms with van der Waals surface area (Å²) in [6, 6.07) is 0. The van der Waals surface area contributed by atoms with Crippen LogP contribution in [0.25, 0.3) is 0 Å². The Morgan fingerprint density at radius 1 is 1.45 bits per heavy atom. The van der Waals surface area contributed by atoms with Gasteiger partial charge in [0.2, 0.25) is 0 Å². The summed E-state index contributed by atoms with van der Waals surface area (Å²) in [5.74, 6) is 0. The monoisotopic (exact) mass is 221 g/mol. The lowest BCUT2D eigenvalue weighted by molar-refractivity contribution is 0.0419. The molecular formula is C8H16BrNO. The Kier molecular flexibility index (Phi) is 5.15. The summed E-state index contributed by atoms with van der Waals surface area (Å²) in [5, 5.41) is 4.39. The van der Waals surface area contributed by atoms with Crippen LogP contribution in [0, 0.1) is 0 Å². The van der Waals surface area contributed by atoms with Gasteiger partial charge in [0.15, 0.2) is 0 Å². The normalized spacial score (nSPS) is 24.3. The molecule has 66 valence electrons. The molecule has 0 aromatic heterocycles. The number of nitrogens with one attached hydrogen (secondary N) is 1. The topological polar surface area (TPSA) is 21.3 Å². The molecule has 0 radical (unpaired) electrons. The third-order valence-corrected chi connectivity index (χ3v) is 2.42. The first-order chi connectivity index (χ1) is 5.43. The standard InChI is InChI=1S/C8H16BrNO/c9-5-1-2-7-11-8-4-3-6-10-8/h8,10H,1-7H2. The maximum Gasteiger partial charge on any atom is 0.108 e. The largest absolute Gasteiger partial charge is 0.363 e. The van der Waals surface area contributed by atoms with Crippen molar-refractivity contribution in [1.29, 1.82) is 0 Å². The van der Waals surface area contributed by atoms with Crippen molar-refractivity contribution >= 4 is 15.9 Å². The Labute approximate surface area is 76.8 Å². The average Bonchev–Trinajstić information content (AvgIpc) is 2.50. The van der Waals surface area contributed by atoms with Gasteiger partial charge in [-0.25, -0.2) is 0 Å². The Hall–Kier alpha value is 0.400. The number of alkyl halides is 1. The minimum Gasteiger partial charge on any atom is -0.363 e. The van der Waals surface area contributed by atoms with Gasteiger partial charge >= 0.3 is 0 Å². The van der Waals surface area contributed by atoms with Crippen LogP contribution in [0.3, 0.4) is 0 Å². The Bertz CT molecular complexity index is 94.1. The molecular weight excluding hydrogens is 206 g/mol. The molecule has 1 unspecified atom stereocenters. The first-order valence-electron chi connectivity index (χ1n) is 4.34. The van der Waals surface area contributed by atoms with Gasteiger partial charge in [-0.1, -0.05) is 15.9 Å². The smallest absolute Gasteiger partial charge is 0.108 e. The van der Waals surface area contributed by atoms with E-state index in [1.807, 2.05) is 0 Å². The molecule has 0 bridgehead atoms. The fourth-order valence-corrected chi connectivity index (χ4v) is 1.61. The number of halogens is 1. The molecule has 1 aliphatic heterocycles.